The highest BCUT2D eigenvalue weighted by molar-refractivity contribution is 7.99. The predicted molar refractivity (Wildman–Crippen MR) is 64.0 cm³/mol. The lowest BCUT2D eigenvalue weighted by atomic mass is 9.97. The Morgan fingerprint density at radius 1 is 1.53 bits per heavy atom. The van der Waals surface area contributed by atoms with E-state index in [0.717, 1.165) is 19.6 Å². The number of hydrogen-bond donors (Lipinski definition) is 2. The molecule has 3 atom stereocenters. The van der Waals surface area contributed by atoms with Gasteiger partial charge in [-0.15, -0.1) is 0 Å². The highest BCUT2D eigenvalue weighted by Crippen LogP contribution is 2.23. The van der Waals surface area contributed by atoms with E-state index in [-0.39, 0.29) is 11.8 Å². The van der Waals surface area contributed by atoms with Crippen molar-refractivity contribution in [1.29, 1.82) is 0 Å². The fraction of sp³-hybridized carbons (Fsp3) is 0.909. The van der Waals surface area contributed by atoms with Crippen LogP contribution in [0.2, 0.25) is 0 Å². The van der Waals surface area contributed by atoms with Crippen molar-refractivity contribution in [3.63, 3.8) is 0 Å². The molecule has 2 aliphatic heterocycles. The molecule has 0 aromatic rings. The van der Waals surface area contributed by atoms with E-state index < -0.39 is 0 Å². The summed E-state index contributed by atoms with van der Waals surface area (Å²) in [4.78, 5) is 11.9. The number of amides is 1. The molecule has 2 saturated heterocycles. The van der Waals surface area contributed by atoms with Crippen LogP contribution in [0.4, 0.5) is 0 Å². The third-order valence-corrected chi connectivity index (χ3v) is 4.67. The van der Waals surface area contributed by atoms with Crippen molar-refractivity contribution < 1.29 is 4.79 Å². The van der Waals surface area contributed by atoms with Gasteiger partial charge in [-0.3, -0.25) is 4.79 Å². The van der Waals surface area contributed by atoms with Crippen LogP contribution in [0.25, 0.3) is 0 Å². The number of carbonyl (C=O) groups is 1. The molecule has 0 bridgehead atoms. The second kappa shape index (κ2) is 5.21. The zero-order valence-corrected chi connectivity index (χ0v) is 10.1. The normalized spacial score (nSPS) is 35.7. The van der Waals surface area contributed by atoms with Crippen LogP contribution in [-0.4, -0.2) is 37.0 Å². The van der Waals surface area contributed by atoms with Crippen LogP contribution in [0, 0.1) is 17.8 Å². The minimum absolute atomic E-state index is 0.194. The van der Waals surface area contributed by atoms with Gasteiger partial charge in [-0.05, 0) is 36.3 Å². The van der Waals surface area contributed by atoms with Crippen molar-refractivity contribution in [3.05, 3.63) is 0 Å². The maximum atomic E-state index is 11.9. The van der Waals surface area contributed by atoms with Crippen LogP contribution >= 0.6 is 11.8 Å². The molecule has 86 valence electrons. The van der Waals surface area contributed by atoms with Gasteiger partial charge in [-0.2, -0.15) is 11.8 Å². The topological polar surface area (TPSA) is 41.1 Å². The van der Waals surface area contributed by atoms with Gasteiger partial charge < -0.3 is 10.6 Å². The van der Waals surface area contributed by atoms with Gasteiger partial charge in [0.25, 0.3) is 0 Å². The van der Waals surface area contributed by atoms with Gasteiger partial charge in [0, 0.05) is 13.1 Å². The second-order valence-electron chi connectivity index (χ2n) is 4.72. The van der Waals surface area contributed by atoms with Gasteiger partial charge in [-0.25, -0.2) is 0 Å². The van der Waals surface area contributed by atoms with E-state index in [9.17, 15) is 4.79 Å². The smallest absolute Gasteiger partial charge is 0.224 e. The number of hydrogen-bond acceptors (Lipinski definition) is 3. The van der Waals surface area contributed by atoms with Crippen LogP contribution < -0.4 is 10.6 Å². The molecule has 1 amide bonds. The molecular formula is C11H20N2OS. The van der Waals surface area contributed by atoms with Crippen molar-refractivity contribution in [3.8, 4) is 0 Å². The zero-order valence-electron chi connectivity index (χ0n) is 9.29. The molecular weight excluding hydrogens is 208 g/mol. The van der Waals surface area contributed by atoms with E-state index in [1.807, 2.05) is 11.8 Å². The maximum Gasteiger partial charge on any atom is 0.224 e. The molecule has 15 heavy (non-hydrogen) atoms. The van der Waals surface area contributed by atoms with Crippen molar-refractivity contribution in [2.24, 2.45) is 17.8 Å². The molecule has 0 aromatic carbocycles. The Bertz CT molecular complexity index is 229. The maximum absolute atomic E-state index is 11.9. The number of thioether (sulfide) groups is 1. The zero-order chi connectivity index (χ0) is 10.7. The summed E-state index contributed by atoms with van der Waals surface area (Å²) in [5, 5.41) is 6.37. The molecule has 2 rings (SSSR count). The highest BCUT2D eigenvalue weighted by atomic mass is 32.2. The fourth-order valence-corrected chi connectivity index (χ4v) is 3.57. The average Bonchev–Trinajstić information content (AvgIpc) is 2.84. The summed E-state index contributed by atoms with van der Waals surface area (Å²) in [6.45, 7) is 4.87. The van der Waals surface area contributed by atoms with E-state index >= 15 is 0 Å². The first-order valence-corrected chi connectivity index (χ1v) is 6.99. The largest absolute Gasteiger partial charge is 0.356 e. The first-order valence-electron chi connectivity index (χ1n) is 5.83. The molecule has 1 unspecified atom stereocenters. The van der Waals surface area contributed by atoms with Crippen LogP contribution in [0.3, 0.4) is 0 Å². The highest BCUT2D eigenvalue weighted by Gasteiger charge is 2.29. The Balaban J connectivity index is 1.71. The molecule has 0 radical (unpaired) electrons. The summed E-state index contributed by atoms with van der Waals surface area (Å²) in [5.41, 5.74) is 0. The molecule has 2 heterocycles. The molecule has 0 aromatic heterocycles. The van der Waals surface area contributed by atoms with E-state index in [0.29, 0.717) is 11.8 Å². The van der Waals surface area contributed by atoms with E-state index in [1.54, 1.807) is 0 Å². The molecule has 2 fully saturated rings. The molecule has 0 aliphatic carbocycles. The van der Waals surface area contributed by atoms with Crippen LogP contribution in [-0.2, 0) is 4.79 Å². The third kappa shape index (κ3) is 2.88. The average molecular weight is 228 g/mol. The Morgan fingerprint density at radius 3 is 3.00 bits per heavy atom. The first-order chi connectivity index (χ1) is 7.27. The number of rotatable bonds is 3. The lowest BCUT2D eigenvalue weighted by Gasteiger charge is -2.16. The lowest BCUT2D eigenvalue weighted by molar-refractivity contribution is -0.125. The van der Waals surface area contributed by atoms with Gasteiger partial charge in [0.05, 0.1) is 5.92 Å². The Kier molecular flexibility index (Phi) is 3.92. The minimum Gasteiger partial charge on any atom is -0.356 e. The predicted octanol–water partition coefficient (Wildman–Crippen LogP) is 0.711. The standard InChI is InChI=1S/C11H20N2OS/c1-8-4-12-6-10(8)11(14)13-5-9-2-3-15-7-9/h8-10,12H,2-7H2,1H3,(H,13,14)/t8-,9?,10-/m1/s1. The Hall–Kier alpha value is -0.220. The van der Waals surface area contributed by atoms with E-state index in [4.69, 9.17) is 0 Å². The lowest BCUT2D eigenvalue weighted by Crippen LogP contribution is -2.37. The Morgan fingerprint density at radius 2 is 2.40 bits per heavy atom. The summed E-state index contributed by atoms with van der Waals surface area (Å²) in [6.07, 6.45) is 1.27. The quantitative estimate of drug-likeness (QED) is 0.747. The molecule has 2 N–H and O–H groups in total. The van der Waals surface area contributed by atoms with Crippen LogP contribution in [0.15, 0.2) is 0 Å². The van der Waals surface area contributed by atoms with Gasteiger partial charge in [0.1, 0.15) is 0 Å². The number of nitrogens with one attached hydrogen (secondary N) is 2. The first kappa shape index (κ1) is 11.3. The van der Waals surface area contributed by atoms with Crippen molar-refractivity contribution in [1.82, 2.24) is 10.6 Å². The summed E-state index contributed by atoms with van der Waals surface area (Å²) >= 11 is 2.00. The summed E-state index contributed by atoms with van der Waals surface area (Å²) < 4.78 is 0. The van der Waals surface area contributed by atoms with Gasteiger partial charge in [0.15, 0.2) is 0 Å². The van der Waals surface area contributed by atoms with Crippen LogP contribution in [0.1, 0.15) is 13.3 Å². The summed E-state index contributed by atoms with van der Waals surface area (Å²) in [7, 11) is 0. The molecule has 2 aliphatic rings. The summed E-state index contributed by atoms with van der Waals surface area (Å²) in [6, 6.07) is 0. The fourth-order valence-electron chi connectivity index (χ4n) is 2.28. The third-order valence-electron chi connectivity index (χ3n) is 3.44. The van der Waals surface area contributed by atoms with E-state index in [2.05, 4.69) is 17.6 Å². The van der Waals surface area contributed by atoms with Crippen LogP contribution in [0.5, 0.6) is 0 Å². The number of carbonyl (C=O) groups excluding carboxylic acids is 1. The summed E-state index contributed by atoms with van der Waals surface area (Å²) in [5.74, 6) is 4.13. The van der Waals surface area contributed by atoms with Crippen molar-refractivity contribution >= 4 is 17.7 Å². The Labute approximate surface area is 95.8 Å². The van der Waals surface area contributed by atoms with Gasteiger partial charge in [0.2, 0.25) is 5.91 Å². The molecule has 0 spiro atoms. The van der Waals surface area contributed by atoms with Crippen molar-refractivity contribution in [2.75, 3.05) is 31.1 Å². The molecule has 4 heteroatoms. The van der Waals surface area contributed by atoms with Crippen molar-refractivity contribution in [2.45, 2.75) is 13.3 Å². The molecule has 3 nitrogen and oxygen atoms in total. The monoisotopic (exact) mass is 228 g/mol. The van der Waals surface area contributed by atoms with Gasteiger partial charge >= 0.3 is 0 Å². The second-order valence-corrected chi connectivity index (χ2v) is 5.87. The van der Waals surface area contributed by atoms with E-state index in [1.165, 1.54) is 17.9 Å². The van der Waals surface area contributed by atoms with Gasteiger partial charge in [-0.1, -0.05) is 6.92 Å². The SMILES string of the molecule is C[C@@H]1CNC[C@H]1C(=O)NCC1CCSC1. The molecule has 0 saturated carbocycles. The minimum atomic E-state index is 0.194.